The zero-order chi connectivity index (χ0) is 46.3. The largest absolute Gasteiger partial charge is 0.504 e. The van der Waals surface area contributed by atoms with Crippen LogP contribution in [0.2, 0.25) is 0 Å². The molecular formula is C50H43F5N2O7S. The second-order valence-corrected chi connectivity index (χ2v) is 17.5. The Morgan fingerprint density at radius 3 is 1.22 bits per heavy atom. The van der Waals surface area contributed by atoms with Gasteiger partial charge >= 0.3 is 10.2 Å². The molecule has 0 fully saturated rings. The van der Waals surface area contributed by atoms with E-state index in [0.29, 0.717) is 11.1 Å². The van der Waals surface area contributed by atoms with Crippen LogP contribution in [0.5, 0.6) is 28.7 Å². The maximum atomic E-state index is 14.6. The maximum Gasteiger partial charge on any atom is 0.310 e. The molecule has 0 radical (unpaired) electrons. The van der Waals surface area contributed by atoms with E-state index >= 15 is 0 Å². The number of anilines is 2. The van der Waals surface area contributed by atoms with Crippen molar-refractivity contribution in [2.75, 3.05) is 10.6 Å². The Morgan fingerprint density at radius 2 is 0.831 bits per heavy atom. The number of phenols is 1. The summed E-state index contributed by atoms with van der Waals surface area (Å²) in [6, 6.07) is 41.4. The number of hydrogen-bond acceptors (Lipinski definition) is 7. The number of nitrogens with one attached hydrogen (secondary N) is 2. The first-order valence-electron chi connectivity index (χ1n) is 20.1. The molecule has 7 rings (SSSR count). The van der Waals surface area contributed by atoms with Crippen LogP contribution in [0.15, 0.2) is 163 Å². The second-order valence-electron chi connectivity index (χ2n) is 15.1. The number of benzene rings is 7. The molecule has 0 aliphatic heterocycles. The molecule has 0 unspecified atom stereocenters. The topological polar surface area (TPSA) is 115 Å². The van der Waals surface area contributed by atoms with Crippen molar-refractivity contribution in [3.05, 3.63) is 202 Å². The Hall–Kier alpha value is -7.52. The summed E-state index contributed by atoms with van der Waals surface area (Å²) in [7, 11) is -10.5. The zero-order valence-electron chi connectivity index (χ0n) is 35.0. The highest BCUT2D eigenvalue weighted by atomic mass is 32.5. The predicted molar refractivity (Wildman–Crippen MR) is 241 cm³/mol. The van der Waals surface area contributed by atoms with Crippen molar-refractivity contribution in [2.24, 2.45) is 0 Å². The van der Waals surface area contributed by atoms with Gasteiger partial charge in [0.25, 0.3) is 11.8 Å². The fourth-order valence-corrected chi connectivity index (χ4v) is 7.20. The van der Waals surface area contributed by atoms with Crippen molar-refractivity contribution in [1.82, 2.24) is 0 Å². The summed E-state index contributed by atoms with van der Waals surface area (Å²) in [4.78, 5) is 25.3. The lowest BCUT2D eigenvalue weighted by Gasteiger charge is -2.41. The van der Waals surface area contributed by atoms with E-state index in [4.69, 9.17) is 18.9 Å². The van der Waals surface area contributed by atoms with Crippen molar-refractivity contribution < 1.29 is 53.1 Å². The summed E-state index contributed by atoms with van der Waals surface area (Å²) in [5, 5.41) is 15.6. The lowest BCUT2D eigenvalue weighted by molar-refractivity contribution is 0.101. The van der Waals surface area contributed by atoms with Crippen molar-refractivity contribution in [2.45, 2.75) is 45.2 Å². The monoisotopic (exact) mass is 910 g/mol. The van der Waals surface area contributed by atoms with Gasteiger partial charge in [-0.05, 0) is 83.6 Å². The number of phenolic OH excluding ortho intramolecular Hbond substituents is 1. The molecule has 15 heteroatoms. The zero-order valence-corrected chi connectivity index (χ0v) is 35.9. The van der Waals surface area contributed by atoms with Crippen molar-refractivity contribution in [3.8, 4) is 28.7 Å². The summed E-state index contributed by atoms with van der Waals surface area (Å²) < 4.78 is 97.4. The minimum Gasteiger partial charge on any atom is -0.504 e. The predicted octanol–water partition coefficient (Wildman–Crippen LogP) is 13.5. The van der Waals surface area contributed by atoms with Crippen LogP contribution in [-0.2, 0) is 26.4 Å². The molecule has 0 heterocycles. The van der Waals surface area contributed by atoms with Gasteiger partial charge in [-0.25, -0.2) is 0 Å². The van der Waals surface area contributed by atoms with Gasteiger partial charge in [-0.3, -0.25) is 9.59 Å². The summed E-state index contributed by atoms with van der Waals surface area (Å²) in [6.45, 7) is 3.58. The van der Waals surface area contributed by atoms with E-state index in [1.54, 1.807) is 62.4 Å². The molecule has 2 amide bonds. The average Bonchev–Trinajstić information content (AvgIpc) is 3.29. The third kappa shape index (κ3) is 11.9. The fourth-order valence-electron chi connectivity index (χ4n) is 6.52. The van der Waals surface area contributed by atoms with Gasteiger partial charge in [0.15, 0.2) is 17.2 Å². The molecule has 0 aliphatic carbocycles. The van der Waals surface area contributed by atoms with Crippen molar-refractivity contribution in [3.63, 3.8) is 0 Å². The first-order valence-corrected chi connectivity index (χ1v) is 22.1. The molecule has 3 N–H and O–H groups in total. The minimum atomic E-state index is -10.5. The molecule has 0 saturated carbocycles. The molecule has 336 valence electrons. The maximum absolute atomic E-state index is 14.6. The molecule has 65 heavy (non-hydrogen) atoms. The molecule has 0 saturated heterocycles. The van der Waals surface area contributed by atoms with E-state index in [0.717, 1.165) is 22.3 Å². The highest BCUT2D eigenvalue weighted by Crippen LogP contribution is 3.02. The van der Waals surface area contributed by atoms with E-state index in [1.165, 1.54) is 24.3 Å². The normalized spacial score (nSPS) is 12.3. The Balaban J connectivity index is 1.24. The number of carbonyl (C=O) groups is 2. The fraction of sp³-hybridized carbons (Fsp3) is 0.120. The molecule has 0 bridgehead atoms. The number of rotatable bonds is 17. The van der Waals surface area contributed by atoms with E-state index < -0.39 is 44.1 Å². The second kappa shape index (κ2) is 18.3. The summed E-state index contributed by atoms with van der Waals surface area (Å²) in [5.74, 6) is -2.98. The lowest BCUT2D eigenvalue weighted by Crippen LogP contribution is -2.17. The first-order chi connectivity index (χ1) is 30.9. The van der Waals surface area contributed by atoms with E-state index in [1.807, 2.05) is 72.8 Å². The molecule has 0 aliphatic rings. The van der Waals surface area contributed by atoms with E-state index in [-0.39, 0.29) is 72.7 Å². The number of amides is 2. The number of hydrogen-bond donors (Lipinski definition) is 3. The first kappa shape index (κ1) is 45.5. The van der Waals surface area contributed by atoms with Gasteiger partial charge in [0.05, 0.1) is 11.4 Å². The van der Waals surface area contributed by atoms with Crippen LogP contribution < -0.4 is 29.6 Å². The number of aromatic hydroxyl groups is 1. The smallest absolute Gasteiger partial charge is 0.310 e. The van der Waals surface area contributed by atoms with Crippen LogP contribution in [-0.4, -0.2) is 16.9 Å². The molecule has 0 aromatic heterocycles. The van der Waals surface area contributed by atoms with Gasteiger partial charge in [0.2, 0.25) is 5.75 Å². The van der Waals surface area contributed by atoms with Crippen molar-refractivity contribution >= 4 is 33.4 Å². The molecule has 9 nitrogen and oxygen atoms in total. The van der Waals surface area contributed by atoms with Gasteiger partial charge in [0, 0.05) is 11.1 Å². The minimum absolute atomic E-state index is 0.000982. The molecule has 7 aromatic carbocycles. The molecular weight excluding hydrogens is 868 g/mol. The summed E-state index contributed by atoms with van der Waals surface area (Å²) in [5.41, 5.74) is 1.83. The number of halogens is 5. The van der Waals surface area contributed by atoms with Crippen LogP contribution in [0.4, 0.5) is 30.8 Å². The summed E-state index contributed by atoms with van der Waals surface area (Å²) in [6.07, 6.45) is 0. The van der Waals surface area contributed by atoms with Gasteiger partial charge in [-0.15, -0.1) is 0 Å². The molecule has 7 aromatic rings. The molecule has 0 atom stereocenters. The van der Waals surface area contributed by atoms with Gasteiger partial charge < -0.3 is 34.7 Å². The van der Waals surface area contributed by atoms with Crippen molar-refractivity contribution in [1.29, 1.82) is 0 Å². The highest BCUT2D eigenvalue weighted by Gasteiger charge is 2.66. The SMILES string of the molecule is Cc1cc(C(=O)Nc2cc(S(F)(F)(F)(F)F)cc(NC(=O)c3cc(OCc4ccccc4)c(OCc4ccccc4)c(OCc4ccccc4)c3)c2O)cc(OCc2ccccc2)c1C. The Bertz CT molecular complexity index is 2760. The van der Waals surface area contributed by atoms with Gasteiger partial charge in [-0.1, -0.05) is 141 Å². The average molecular weight is 911 g/mol. The Morgan fingerprint density at radius 1 is 0.492 bits per heavy atom. The lowest BCUT2D eigenvalue weighted by atomic mass is 10.0. The third-order valence-electron chi connectivity index (χ3n) is 10.1. The third-order valence-corrected chi connectivity index (χ3v) is 11.3. The van der Waals surface area contributed by atoms with Crippen LogP contribution >= 0.6 is 10.2 Å². The standard InChI is InChI=1S/C50H43F5N2O7S/c1-33-23-39(24-44(34(33)2)61-29-35-15-7-3-8-16-35)49(59)56-42-27-41(65(51,52,53,54)55)28-43(47(42)58)57-50(60)40-25-45(62-30-36-17-9-4-10-18-36)48(64-32-38-21-13-6-14-22-38)46(26-40)63-31-37-19-11-5-12-20-37/h3-28,58H,29-32H2,1-2H3,(H,56,59)(H,57,60). The van der Waals surface area contributed by atoms with Crippen LogP contribution in [0.3, 0.4) is 0 Å². The van der Waals surface area contributed by atoms with Crippen LogP contribution in [0.25, 0.3) is 0 Å². The summed E-state index contributed by atoms with van der Waals surface area (Å²) >= 11 is 0. The van der Waals surface area contributed by atoms with E-state index in [2.05, 4.69) is 10.6 Å². The number of aryl methyl sites for hydroxylation is 1. The van der Waals surface area contributed by atoms with E-state index in [9.17, 15) is 34.1 Å². The highest BCUT2D eigenvalue weighted by molar-refractivity contribution is 8.45. The van der Waals surface area contributed by atoms with Crippen LogP contribution in [0, 0.1) is 13.8 Å². The number of ether oxygens (including phenoxy) is 4. The van der Waals surface area contributed by atoms with Gasteiger partial charge in [-0.2, -0.15) is 0 Å². The number of carbonyl (C=O) groups excluding carboxylic acids is 2. The van der Waals surface area contributed by atoms with Crippen LogP contribution in [0.1, 0.15) is 54.1 Å². The molecule has 0 spiro atoms. The Labute approximate surface area is 372 Å². The Kier molecular flexibility index (Phi) is 12.8. The quantitative estimate of drug-likeness (QED) is 0.0616. The van der Waals surface area contributed by atoms with Gasteiger partial charge in [0.1, 0.15) is 37.1 Å².